The van der Waals surface area contributed by atoms with Crippen molar-refractivity contribution in [2.75, 3.05) is 25.6 Å². The molecular weight excluding hydrogens is 254 g/mol. The summed E-state index contributed by atoms with van der Waals surface area (Å²) in [6.45, 7) is 1.09. The van der Waals surface area contributed by atoms with Crippen LogP contribution in [0.3, 0.4) is 0 Å². The van der Waals surface area contributed by atoms with Gasteiger partial charge in [-0.1, -0.05) is 17.7 Å². The molecule has 0 bridgehead atoms. The van der Waals surface area contributed by atoms with E-state index >= 15 is 0 Å². The van der Waals surface area contributed by atoms with Crippen molar-refractivity contribution in [2.24, 2.45) is 0 Å². The van der Waals surface area contributed by atoms with Crippen molar-refractivity contribution >= 4 is 23.3 Å². The SMILES string of the molecule is COC(=O)C1(Nc2cccc(Cl)c2)CCOCC1. The first kappa shape index (κ1) is 13.2. The monoisotopic (exact) mass is 269 g/mol. The molecule has 98 valence electrons. The van der Waals surface area contributed by atoms with E-state index in [9.17, 15) is 4.79 Å². The molecule has 0 spiro atoms. The first-order valence-electron chi connectivity index (χ1n) is 5.86. The third kappa shape index (κ3) is 2.76. The molecule has 1 fully saturated rings. The molecule has 2 rings (SSSR count). The third-order valence-electron chi connectivity index (χ3n) is 3.13. The Hall–Kier alpha value is -1.26. The summed E-state index contributed by atoms with van der Waals surface area (Å²) in [4.78, 5) is 12.0. The average Bonchev–Trinajstić information content (AvgIpc) is 2.39. The van der Waals surface area contributed by atoms with Crippen molar-refractivity contribution in [3.8, 4) is 0 Å². The second-order valence-electron chi connectivity index (χ2n) is 4.32. The van der Waals surface area contributed by atoms with Crippen molar-refractivity contribution in [3.63, 3.8) is 0 Å². The fourth-order valence-corrected chi connectivity index (χ4v) is 2.33. The number of methoxy groups -OCH3 is 1. The first-order chi connectivity index (χ1) is 8.66. The van der Waals surface area contributed by atoms with E-state index in [1.807, 2.05) is 12.1 Å². The van der Waals surface area contributed by atoms with Crippen LogP contribution >= 0.6 is 11.6 Å². The van der Waals surface area contributed by atoms with E-state index in [1.165, 1.54) is 7.11 Å². The Morgan fingerprint density at radius 3 is 2.78 bits per heavy atom. The van der Waals surface area contributed by atoms with E-state index in [-0.39, 0.29) is 5.97 Å². The van der Waals surface area contributed by atoms with Crippen LogP contribution in [0.4, 0.5) is 5.69 Å². The molecule has 4 nitrogen and oxygen atoms in total. The van der Waals surface area contributed by atoms with E-state index < -0.39 is 5.54 Å². The zero-order chi connectivity index (χ0) is 13.0. The lowest BCUT2D eigenvalue weighted by molar-refractivity contribution is -0.149. The molecule has 1 aliphatic rings. The number of benzene rings is 1. The zero-order valence-corrected chi connectivity index (χ0v) is 11.0. The van der Waals surface area contributed by atoms with Crippen LogP contribution in [0.2, 0.25) is 5.02 Å². The van der Waals surface area contributed by atoms with Crippen LogP contribution in [0.1, 0.15) is 12.8 Å². The van der Waals surface area contributed by atoms with Gasteiger partial charge in [0.15, 0.2) is 0 Å². The smallest absolute Gasteiger partial charge is 0.331 e. The molecule has 0 atom stereocenters. The normalized spacial score (nSPS) is 18.1. The van der Waals surface area contributed by atoms with Gasteiger partial charge in [0.1, 0.15) is 5.54 Å². The molecule has 5 heteroatoms. The van der Waals surface area contributed by atoms with E-state index in [0.29, 0.717) is 31.1 Å². The van der Waals surface area contributed by atoms with E-state index in [2.05, 4.69) is 5.32 Å². The molecular formula is C13H16ClNO3. The van der Waals surface area contributed by atoms with Crippen LogP contribution in [0.5, 0.6) is 0 Å². The molecule has 1 saturated heterocycles. The van der Waals surface area contributed by atoms with Crippen LogP contribution < -0.4 is 5.32 Å². The van der Waals surface area contributed by atoms with Gasteiger partial charge >= 0.3 is 5.97 Å². The van der Waals surface area contributed by atoms with Crippen molar-refractivity contribution < 1.29 is 14.3 Å². The van der Waals surface area contributed by atoms with Gasteiger partial charge in [0.05, 0.1) is 7.11 Å². The standard InChI is InChI=1S/C13H16ClNO3/c1-17-12(16)13(5-7-18-8-6-13)15-11-4-2-3-10(14)9-11/h2-4,9,15H,5-8H2,1H3. The summed E-state index contributed by atoms with van der Waals surface area (Å²) >= 11 is 5.94. The van der Waals surface area contributed by atoms with Crippen LogP contribution in [-0.2, 0) is 14.3 Å². The zero-order valence-electron chi connectivity index (χ0n) is 10.2. The molecule has 0 aromatic heterocycles. The highest BCUT2D eigenvalue weighted by molar-refractivity contribution is 6.30. The Labute approximate surface area is 111 Å². The fraction of sp³-hybridized carbons (Fsp3) is 0.462. The van der Waals surface area contributed by atoms with Gasteiger partial charge < -0.3 is 14.8 Å². The molecule has 0 unspecified atom stereocenters. The number of ether oxygens (including phenoxy) is 2. The van der Waals surface area contributed by atoms with Crippen LogP contribution in [-0.4, -0.2) is 31.8 Å². The molecule has 18 heavy (non-hydrogen) atoms. The summed E-state index contributed by atoms with van der Waals surface area (Å²) in [6.07, 6.45) is 1.18. The minimum absolute atomic E-state index is 0.259. The summed E-state index contributed by atoms with van der Waals surface area (Å²) in [5.41, 5.74) is 0.104. The maximum Gasteiger partial charge on any atom is 0.331 e. The Morgan fingerprint density at radius 2 is 2.17 bits per heavy atom. The number of esters is 1. The lowest BCUT2D eigenvalue weighted by Crippen LogP contribution is -2.51. The topological polar surface area (TPSA) is 47.6 Å². The molecule has 1 N–H and O–H groups in total. The predicted molar refractivity (Wildman–Crippen MR) is 69.9 cm³/mol. The fourth-order valence-electron chi connectivity index (χ4n) is 2.14. The highest BCUT2D eigenvalue weighted by Gasteiger charge is 2.41. The second kappa shape index (κ2) is 5.59. The first-order valence-corrected chi connectivity index (χ1v) is 6.24. The molecule has 0 saturated carbocycles. The Morgan fingerprint density at radius 1 is 1.44 bits per heavy atom. The Bertz CT molecular complexity index is 430. The molecule has 1 aromatic rings. The van der Waals surface area contributed by atoms with Gasteiger partial charge in [-0.3, -0.25) is 0 Å². The Balaban J connectivity index is 2.22. The van der Waals surface area contributed by atoms with Gasteiger partial charge in [0.2, 0.25) is 0 Å². The van der Waals surface area contributed by atoms with Crippen molar-refractivity contribution in [1.29, 1.82) is 0 Å². The van der Waals surface area contributed by atoms with Gasteiger partial charge in [0, 0.05) is 36.8 Å². The van der Waals surface area contributed by atoms with Gasteiger partial charge in [-0.15, -0.1) is 0 Å². The number of rotatable bonds is 3. The number of anilines is 1. The number of carbonyl (C=O) groups excluding carboxylic acids is 1. The molecule has 1 aromatic carbocycles. The van der Waals surface area contributed by atoms with E-state index in [4.69, 9.17) is 21.1 Å². The number of carbonyl (C=O) groups is 1. The van der Waals surface area contributed by atoms with Crippen molar-refractivity contribution in [1.82, 2.24) is 0 Å². The number of halogens is 1. The minimum atomic E-state index is -0.711. The predicted octanol–water partition coefficient (Wildman–Crippen LogP) is 2.47. The van der Waals surface area contributed by atoms with Gasteiger partial charge in [-0.05, 0) is 18.2 Å². The van der Waals surface area contributed by atoms with Gasteiger partial charge in [-0.2, -0.15) is 0 Å². The summed E-state index contributed by atoms with van der Waals surface area (Å²) in [6, 6.07) is 7.31. The number of hydrogen-bond donors (Lipinski definition) is 1. The summed E-state index contributed by atoms with van der Waals surface area (Å²) in [7, 11) is 1.40. The maximum absolute atomic E-state index is 12.0. The number of hydrogen-bond acceptors (Lipinski definition) is 4. The quantitative estimate of drug-likeness (QED) is 0.857. The molecule has 1 heterocycles. The summed E-state index contributed by atoms with van der Waals surface area (Å²) in [5.74, 6) is -0.259. The van der Waals surface area contributed by atoms with Crippen LogP contribution in [0, 0.1) is 0 Å². The molecule has 0 amide bonds. The molecule has 0 aliphatic carbocycles. The molecule has 0 radical (unpaired) electrons. The van der Waals surface area contributed by atoms with E-state index in [1.54, 1.807) is 12.1 Å². The maximum atomic E-state index is 12.0. The van der Waals surface area contributed by atoms with Crippen molar-refractivity contribution in [2.45, 2.75) is 18.4 Å². The third-order valence-corrected chi connectivity index (χ3v) is 3.37. The Kier molecular flexibility index (Phi) is 4.09. The van der Waals surface area contributed by atoms with Gasteiger partial charge in [-0.25, -0.2) is 4.79 Å². The second-order valence-corrected chi connectivity index (χ2v) is 4.76. The van der Waals surface area contributed by atoms with Gasteiger partial charge in [0.25, 0.3) is 0 Å². The highest BCUT2D eigenvalue weighted by atomic mass is 35.5. The summed E-state index contributed by atoms with van der Waals surface area (Å²) in [5, 5.41) is 3.88. The minimum Gasteiger partial charge on any atom is -0.467 e. The van der Waals surface area contributed by atoms with E-state index in [0.717, 1.165) is 5.69 Å². The number of nitrogens with one attached hydrogen (secondary N) is 1. The van der Waals surface area contributed by atoms with Crippen molar-refractivity contribution in [3.05, 3.63) is 29.3 Å². The largest absolute Gasteiger partial charge is 0.467 e. The lowest BCUT2D eigenvalue weighted by Gasteiger charge is -2.36. The lowest BCUT2D eigenvalue weighted by atomic mass is 9.89. The van der Waals surface area contributed by atoms with Crippen LogP contribution in [0.15, 0.2) is 24.3 Å². The van der Waals surface area contributed by atoms with Crippen LogP contribution in [0.25, 0.3) is 0 Å². The molecule has 1 aliphatic heterocycles. The average molecular weight is 270 g/mol. The summed E-state index contributed by atoms with van der Waals surface area (Å²) < 4.78 is 10.2. The highest BCUT2D eigenvalue weighted by Crippen LogP contribution is 2.28.